The third kappa shape index (κ3) is 8.38. The Morgan fingerprint density at radius 1 is 0.920 bits per heavy atom. The first-order valence-corrected chi connectivity index (χ1v) is 18.7. The number of carbonyl (C=O) groups is 3. The Bertz CT molecular complexity index is 1610. The number of benzene rings is 1. The quantitative estimate of drug-likeness (QED) is 0.240. The number of piperidine rings is 1. The van der Waals surface area contributed by atoms with E-state index >= 15 is 0 Å². The van der Waals surface area contributed by atoms with Crippen LogP contribution in [0.2, 0.25) is 0 Å². The Kier molecular flexibility index (Phi) is 10.9. The summed E-state index contributed by atoms with van der Waals surface area (Å²) in [6.45, 7) is 10.9. The molecular formula is C40H54N6O4. The summed E-state index contributed by atoms with van der Waals surface area (Å²) < 4.78 is 1.96. The van der Waals surface area contributed by atoms with Crippen LogP contribution in [-0.4, -0.2) is 74.5 Å². The van der Waals surface area contributed by atoms with Gasteiger partial charge in [0.2, 0.25) is 5.91 Å². The van der Waals surface area contributed by atoms with E-state index in [0.717, 1.165) is 47.7 Å². The molecule has 1 saturated carbocycles. The Morgan fingerprint density at radius 3 is 2.14 bits per heavy atom. The lowest BCUT2D eigenvalue weighted by atomic mass is 9.72. The van der Waals surface area contributed by atoms with Gasteiger partial charge >= 0.3 is 5.97 Å². The van der Waals surface area contributed by atoms with Crippen LogP contribution in [0.15, 0.2) is 55.1 Å². The molecule has 2 aromatic heterocycles. The minimum Gasteiger partial charge on any atom is -0.481 e. The van der Waals surface area contributed by atoms with E-state index in [1.165, 1.54) is 56.3 Å². The summed E-state index contributed by atoms with van der Waals surface area (Å²) in [5, 5.41) is 12.3. The maximum atomic E-state index is 13.5. The zero-order valence-electron chi connectivity index (χ0n) is 30.2. The van der Waals surface area contributed by atoms with Crippen molar-refractivity contribution in [3.63, 3.8) is 0 Å². The number of aromatic nitrogens is 3. The number of carboxylic acid groups (broad SMARTS) is 1. The normalized spacial score (nSPS) is 21.0. The van der Waals surface area contributed by atoms with E-state index in [2.05, 4.69) is 37.9 Å². The molecule has 10 nitrogen and oxygen atoms in total. The molecule has 10 heteroatoms. The second-order valence-corrected chi connectivity index (χ2v) is 15.8. The van der Waals surface area contributed by atoms with Crippen molar-refractivity contribution >= 4 is 23.5 Å². The lowest BCUT2D eigenvalue weighted by Crippen LogP contribution is -2.59. The molecule has 2 aliphatic heterocycles. The van der Waals surface area contributed by atoms with Crippen LogP contribution in [0, 0.1) is 23.7 Å². The van der Waals surface area contributed by atoms with Crippen molar-refractivity contribution < 1.29 is 19.5 Å². The van der Waals surface area contributed by atoms with E-state index in [-0.39, 0.29) is 36.9 Å². The molecule has 3 aliphatic rings. The molecule has 50 heavy (non-hydrogen) atoms. The summed E-state index contributed by atoms with van der Waals surface area (Å²) in [5.74, 6) is 1.24. The monoisotopic (exact) mass is 682 g/mol. The van der Waals surface area contributed by atoms with Crippen LogP contribution >= 0.6 is 0 Å². The molecule has 2 amide bonds. The fourth-order valence-electron chi connectivity index (χ4n) is 8.07. The van der Waals surface area contributed by atoms with Gasteiger partial charge in [-0.3, -0.25) is 14.4 Å². The Morgan fingerprint density at radius 2 is 1.56 bits per heavy atom. The summed E-state index contributed by atoms with van der Waals surface area (Å²) in [6.07, 6.45) is 18.7. The number of carbonyl (C=O) groups excluding carboxylic acids is 2. The van der Waals surface area contributed by atoms with E-state index in [4.69, 9.17) is 9.97 Å². The molecule has 1 aromatic carbocycles. The molecule has 0 bridgehead atoms. The lowest BCUT2D eigenvalue weighted by molar-refractivity contribution is -0.153. The summed E-state index contributed by atoms with van der Waals surface area (Å²) >= 11 is 0. The van der Waals surface area contributed by atoms with Crippen LogP contribution < -0.4 is 10.2 Å². The van der Waals surface area contributed by atoms with Crippen molar-refractivity contribution in [2.24, 2.45) is 23.7 Å². The van der Waals surface area contributed by atoms with Gasteiger partial charge in [0, 0.05) is 56.1 Å². The number of likely N-dealkylation sites (tertiary alicyclic amines) is 1. The number of hydrogen-bond donors (Lipinski definition) is 2. The van der Waals surface area contributed by atoms with E-state index in [9.17, 15) is 19.5 Å². The van der Waals surface area contributed by atoms with Gasteiger partial charge in [-0.1, -0.05) is 56.9 Å². The highest BCUT2D eigenvalue weighted by Crippen LogP contribution is 2.39. The summed E-state index contributed by atoms with van der Waals surface area (Å²) in [5.41, 5.74) is 3.09. The molecule has 6 rings (SSSR count). The molecule has 0 spiro atoms. The Hall–Kier alpha value is -4.21. The third-order valence-corrected chi connectivity index (χ3v) is 11.3. The number of nitrogens with zero attached hydrogens (tertiary/aromatic N) is 5. The molecule has 0 radical (unpaired) electrons. The number of rotatable bonds is 11. The first kappa shape index (κ1) is 35.6. The van der Waals surface area contributed by atoms with Gasteiger partial charge in [-0.25, -0.2) is 9.97 Å². The fourth-order valence-corrected chi connectivity index (χ4v) is 8.07. The minimum atomic E-state index is -0.913. The van der Waals surface area contributed by atoms with Crippen LogP contribution in [0.4, 0.5) is 5.69 Å². The minimum absolute atomic E-state index is 0.144. The van der Waals surface area contributed by atoms with Gasteiger partial charge in [0.15, 0.2) is 5.82 Å². The SMILES string of the molecule is CCC[C@H]1CC[C@H](C2CCN(c3cnc(-c4ccc(C[C@H](NC(=O)c5ccn(C(C)(C)C)c5)C(=O)N5CC(C(=O)O)C5)cc4)nc3)CC2)CC1. The number of anilines is 1. The zero-order chi connectivity index (χ0) is 35.4. The van der Waals surface area contributed by atoms with Crippen LogP contribution in [0.1, 0.15) is 95.0 Å². The number of aliphatic carboxylic acids is 1. The molecule has 3 aromatic rings. The van der Waals surface area contributed by atoms with Crippen LogP contribution in [0.5, 0.6) is 0 Å². The Balaban J connectivity index is 1.06. The molecule has 3 fully saturated rings. The van der Waals surface area contributed by atoms with E-state index in [0.29, 0.717) is 11.4 Å². The topological polar surface area (TPSA) is 121 Å². The van der Waals surface area contributed by atoms with Gasteiger partial charge in [-0.15, -0.1) is 0 Å². The molecule has 268 valence electrons. The highest BCUT2D eigenvalue weighted by Gasteiger charge is 2.39. The first-order valence-electron chi connectivity index (χ1n) is 18.7. The smallest absolute Gasteiger partial charge is 0.310 e. The molecule has 4 heterocycles. The fraction of sp³-hybridized carbons (Fsp3) is 0.575. The second-order valence-electron chi connectivity index (χ2n) is 15.8. The number of nitrogens with one attached hydrogen (secondary N) is 1. The summed E-state index contributed by atoms with van der Waals surface area (Å²) in [4.78, 5) is 51.5. The zero-order valence-corrected chi connectivity index (χ0v) is 30.2. The third-order valence-electron chi connectivity index (χ3n) is 11.3. The van der Waals surface area contributed by atoms with Crippen molar-refractivity contribution in [2.75, 3.05) is 31.1 Å². The second kappa shape index (κ2) is 15.4. The van der Waals surface area contributed by atoms with Crippen LogP contribution in [-0.2, 0) is 21.5 Å². The Labute approximate surface area is 296 Å². The molecule has 2 saturated heterocycles. The predicted octanol–water partition coefficient (Wildman–Crippen LogP) is 6.41. The molecule has 0 unspecified atom stereocenters. The predicted molar refractivity (Wildman–Crippen MR) is 195 cm³/mol. The average molecular weight is 683 g/mol. The van der Waals surface area contributed by atoms with E-state index < -0.39 is 17.9 Å². The number of carboxylic acids is 1. The van der Waals surface area contributed by atoms with Gasteiger partial charge in [0.05, 0.1) is 29.6 Å². The van der Waals surface area contributed by atoms with Crippen molar-refractivity contribution in [3.8, 4) is 11.4 Å². The van der Waals surface area contributed by atoms with Gasteiger partial charge in [-0.05, 0) is 75.8 Å². The van der Waals surface area contributed by atoms with Gasteiger partial charge in [-0.2, -0.15) is 0 Å². The molecule has 1 aliphatic carbocycles. The lowest BCUT2D eigenvalue weighted by Gasteiger charge is -2.39. The molecular weight excluding hydrogens is 628 g/mol. The summed E-state index contributed by atoms with van der Waals surface area (Å²) in [6, 6.07) is 8.67. The van der Waals surface area contributed by atoms with Crippen LogP contribution in [0.25, 0.3) is 11.4 Å². The van der Waals surface area contributed by atoms with Crippen molar-refractivity contribution in [3.05, 3.63) is 66.2 Å². The van der Waals surface area contributed by atoms with Crippen molar-refractivity contribution in [2.45, 2.75) is 97.1 Å². The molecule has 1 atom stereocenters. The summed E-state index contributed by atoms with van der Waals surface area (Å²) in [7, 11) is 0. The van der Waals surface area contributed by atoms with Gasteiger partial charge in [0.25, 0.3) is 5.91 Å². The van der Waals surface area contributed by atoms with Gasteiger partial charge in [0.1, 0.15) is 6.04 Å². The van der Waals surface area contributed by atoms with E-state index in [1.54, 1.807) is 12.3 Å². The highest BCUT2D eigenvalue weighted by atomic mass is 16.4. The average Bonchev–Trinajstić information content (AvgIpc) is 3.60. The van der Waals surface area contributed by atoms with Crippen molar-refractivity contribution in [1.29, 1.82) is 0 Å². The number of amides is 2. The number of hydrogen-bond acceptors (Lipinski definition) is 6. The molecule has 2 N–H and O–H groups in total. The first-order chi connectivity index (χ1) is 24.0. The van der Waals surface area contributed by atoms with Gasteiger partial charge < -0.3 is 24.8 Å². The highest BCUT2D eigenvalue weighted by molar-refractivity contribution is 5.98. The maximum absolute atomic E-state index is 13.5. The van der Waals surface area contributed by atoms with Crippen LogP contribution in [0.3, 0.4) is 0 Å². The maximum Gasteiger partial charge on any atom is 0.310 e. The largest absolute Gasteiger partial charge is 0.481 e. The standard InChI is InChI=1S/C40H54N6O4/c1-5-6-27-7-11-29(12-8-27)30-15-18-44(19-16-30)34-22-41-36(42-23-34)31-13-9-28(10-14-31)21-35(38(48)45-24-33(25-45)39(49)50)43-37(47)32-17-20-46(26-32)40(2,3)4/h9-10,13-14,17,20,22-23,26-27,29-30,33,35H,5-8,11-12,15-16,18-19,21,24-25H2,1-4H3,(H,43,47)(H,49,50)/t27-,29-,35-/m0/s1. The van der Waals surface area contributed by atoms with Crippen molar-refractivity contribution in [1.82, 2.24) is 24.8 Å². The van der Waals surface area contributed by atoms with E-state index in [1.807, 2.05) is 47.4 Å².